The number of anilines is 1. The average Bonchev–Trinajstić information content (AvgIpc) is 2.77. The maximum absolute atomic E-state index is 11.3. The fraction of sp³-hybridized carbons (Fsp3) is 0.364. The standard InChI is InChI=1S/C11H12IN3O3/c12-8-6-7(3-4-9(8)15(17)18)14-5-1-2-10(14)11(13)16/h3-4,6,10H,1-2,5H2,(H2,13,16). The summed E-state index contributed by atoms with van der Waals surface area (Å²) in [4.78, 5) is 23.6. The Kier molecular flexibility index (Phi) is 3.69. The SMILES string of the molecule is NC(=O)C1CCCN1c1ccc([N+](=O)[O-])c(I)c1. The van der Waals surface area contributed by atoms with Crippen LogP contribution in [0.15, 0.2) is 18.2 Å². The lowest BCUT2D eigenvalue weighted by Gasteiger charge is -2.24. The molecule has 96 valence electrons. The number of nitro groups is 1. The van der Waals surface area contributed by atoms with Crippen molar-refractivity contribution in [3.8, 4) is 0 Å². The van der Waals surface area contributed by atoms with E-state index in [4.69, 9.17) is 5.73 Å². The summed E-state index contributed by atoms with van der Waals surface area (Å²) < 4.78 is 0.560. The molecule has 1 heterocycles. The number of benzene rings is 1. The van der Waals surface area contributed by atoms with Crippen LogP contribution >= 0.6 is 22.6 Å². The van der Waals surface area contributed by atoms with Crippen LogP contribution in [0, 0.1) is 13.7 Å². The van der Waals surface area contributed by atoms with E-state index in [9.17, 15) is 14.9 Å². The van der Waals surface area contributed by atoms with Gasteiger partial charge in [-0.05, 0) is 47.6 Å². The predicted octanol–water partition coefficient (Wildman–Crippen LogP) is 1.65. The molecule has 1 saturated heterocycles. The molecule has 7 heteroatoms. The summed E-state index contributed by atoms with van der Waals surface area (Å²) >= 11 is 1.93. The number of rotatable bonds is 3. The maximum Gasteiger partial charge on any atom is 0.282 e. The molecule has 1 aromatic carbocycles. The molecular weight excluding hydrogens is 349 g/mol. The number of carbonyl (C=O) groups is 1. The summed E-state index contributed by atoms with van der Waals surface area (Å²) in [5, 5.41) is 10.7. The lowest BCUT2D eigenvalue weighted by atomic mass is 10.2. The number of hydrogen-bond acceptors (Lipinski definition) is 4. The van der Waals surface area contributed by atoms with Crippen molar-refractivity contribution in [2.45, 2.75) is 18.9 Å². The van der Waals surface area contributed by atoms with E-state index in [1.165, 1.54) is 6.07 Å². The van der Waals surface area contributed by atoms with E-state index in [0.29, 0.717) is 3.57 Å². The molecule has 2 N–H and O–H groups in total. The third kappa shape index (κ3) is 2.40. The number of nitrogens with two attached hydrogens (primary N) is 1. The number of amides is 1. The monoisotopic (exact) mass is 361 g/mol. The van der Waals surface area contributed by atoms with Gasteiger partial charge in [0.1, 0.15) is 6.04 Å². The van der Waals surface area contributed by atoms with Gasteiger partial charge in [-0.1, -0.05) is 0 Å². The summed E-state index contributed by atoms with van der Waals surface area (Å²) in [6.45, 7) is 0.751. The van der Waals surface area contributed by atoms with E-state index in [1.807, 2.05) is 27.5 Å². The zero-order valence-corrected chi connectivity index (χ0v) is 11.7. The zero-order valence-electron chi connectivity index (χ0n) is 9.51. The van der Waals surface area contributed by atoms with E-state index in [1.54, 1.807) is 12.1 Å². The van der Waals surface area contributed by atoms with Crippen molar-refractivity contribution in [3.05, 3.63) is 31.9 Å². The molecule has 18 heavy (non-hydrogen) atoms. The summed E-state index contributed by atoms with van der Waals surface area (Å²) in [5.41, 5.74) is 6.24. The van der Waals surface area contributed by atoms with Crippen LogP contribution in [0.2, 0.25) is 0 Å². The largest absolute Gasteiger partial charge is 0.368 e. The molecule has 6 nitrogen and oxygen atoms in total. The number of halogens is 1. The first-order valence-electron chi connectivity index (χ1n) is 5.50. The quantitative estimate of drug-likeness (QED) is 0.504. The van der Waals surface area contributed by atoms with Crippen LogP contribution in [0.3, 0.4) is 0 Å². The molecule has 1 fully saturated rings. The van der Waals surface area contributed by atoms with E-state index >= 15 is 0 Å². The summed E-state index contributed by atoms with van der Waals surface area (Å²) in [7, 11) is 0. The molecule has 0 bridgehead atoms. The fourth-order valence-corrected chi connectivity index (χ4v) is 2.89. The Morgan fingerprint density at radius 1 is 1.56 bits per heavy atom. The molecule has 1 aromatic rings. The van der Waals surface area contributed by atoms with Crippen molar-refractivity contribution in [2.24, 2.45) is 5.73 Å². The van der Waals surface area contributed by atoms with Crippen molar-refractivity contribution >= 4 is 39.9 Å². The minimum absolute atomic E-state index is 0.0779. The molecule has 0 radical (unpaired) electrons. The molecule has 1 aliphatic heterocycles. The second kappa shape index (κ2) is 5.09. The summed E-state index contributed by atoms with van der Waals surface area (Å²) in [5.74, 6) is -0.346. The second-order valence-corrected chi connectivity index (χ2v) is 5.31. The first-order valence-corrected chi connectivity index (χ1v) is 6.58. The van der Waals surface area contributed by atoms with Crippen molar-refractivity contribution in [3.63, 3.8) is 0 Å². The van der Waals surface area contributed by atoms with Crippen molar-refractivity contribution < 1.29 is 9.72 Å². The molecule has 1 amide bonds. The summed E-state index contributed by atoms with van der Waals surface area (Å²) in [6, 6.07) is 4.55. The number of primary amides is 1. The molecule has 0 saturated carbocycles. The Morgan fingerprint density at radius 3 is 2.83 bits per heavy atom. The van der Waals surface area contributed by atoms with Gasteiger partial charge in [0.05, 0.1) is 8.49 Å². The van der Waals surface area contributed by atoms with Crippen LogP contribution < -0.4 is 10.6 Å². The van der Waals surface area contributed by atoms with Gasteiger partial charge >= 0.3 is 0 Å². The molecule has 1 aliphatic rings. The third-order valence-corrected chi connectivity index (χ3v) is 3.90. The number of carbonyl (C=O) groups excluding carboxylic acids is 1. The third-order valence-electron chi connectivity index (χ3n) is 3.04. The Labute approximate surface area is 117 Å². The molecule has 2 rings (SSSR count). The molecule has 0 aromatic heterocycles. The van der Waals surface area contributed by atoms with E-state index in [-0.39, 0.29) is 17.6 Å². The summed E-state index contributed by atoms with van der Waals surface area (Å²) in [6.07, 6.45) is 1.64. The van der Waals surface area contributed by atoms with E-state index < -0.39 is 4.92 Å². The van der Waals surface area contributed by atoms with Gasteiger partial charge in [0.25, 0.3) is 5.69 Å². The fourth-order valence-electron chi connectivity index (χ4n) is 2.19. The van der Waals surface area contributed by atoms with Gasteiger partial charge in [-0.3, -0.25) is 14.9 Å². The molecule has 0 spiro atoms. The van der Waals surface area contributed by atoms with E-state index in [2.05, 4.69) is 0 Å². The Morgan fingerprint density at radius 2 is 2.28 bits per heavy atom. The van der Waals surface area contributed by atoms with Gasteiger partial charge in [0, 0.05) is 18.3 Å². The Bertz CT molecular complexity index is 506. The van der Waals surface area contributed by atoms with Crippen molar-refractivity contribution in [1.29, 1.82) is 0 Å². The molecule has 0 aliphatic carbocycles. The minimum Gasteiger partial charge on any atom is -0.368 e. The molecular formula is C11H12IN3O3. The normalized spacial score (nSPS) is 18.9. The number of hydrogen-bond donors (Lipinski definition) is 1. The topological polar surface area (TPSA) is 89.5 Å². The highest BCUT2D eigenvalue weighted by atomic mass is 127. The van der Waals surface area contributed by atoms with Crippen LogP contribution in [-0.2, 0) is 4.79 Å². The van der Waals surface area contributed by atoms with Crippen molar-refractivity contribution in [2.75, 3.05) is 11.4 Å². The first-order chi connectivity index (χ1) is 8.50. The minimum atomic E-state index is -0.416. The van der Waals surface area contributed by atoms with Gasteiger partial charge in [-0.25, -0.2) is 0 Å². The van der Waals surface area contributed by atoms with Crippen LogP contribution in [0.5, 0.6) is 0 Å². The molecule has 1 atom stereocenters. The maximum atomic E-state index is 11.3. The van der Waals surface area contributed by atoms with Crippen LogP contribution in [-0.4, -0.2) is 23.4 Å². The smallest absolute Gasteiger partial charge is 0.282 e. The highest BCUT2D eigenvalue weighted by Gasteiger charge is 2.29. The lowest BCUT2D eigenvalue weighted by molar-refractivity contribution is -0.385. The Hall–Kier alpha value is -1.38. The van der Waals surface area contributed by atoms with Crippen molar-refractivity contribution in [1.82, 2.24) is 0 Å². The highest BCUT2D eigenvalue weighted by Crippen LogP contribution is 2.30. The molecule has 1 unspecified atom stereocenters. The van der Waals surface area contributed by atoms with Crippen LogP contribution in [0.4, 0.5) is 11.4 Å². The van der Waals surface area contributed by atoms with Crippen LogP contribution in [0.1, 0.15) is 12.8 Å². The lowest BCUT2D eigenvalue weighted by Crippen LogP contribution is -2.40. The first kappa shape index (κ1) is 13.1. The average molecular weight is 361 g/mol. The van der Waals surface area contributed by atoms with Gasteiger partial charge < -0.3 is 10.6 Å². The van der Waals surface area contributed by atoms with E-state index in [0.717, 1.165) is 25.1 Å². The Balaban J connectivity index is 2.32. The number of nitro benzene ring substituents is 1. The number of nitrogens with zero attached hydrogens (tertiary/aromatic N) is 2. The van der Waals surface area contributed by atoms with Crippen LogP contribution in [0.25, 0.3) is 0 Å². The van der Waals surface area contributed by atoms with Gasteiger partial charge in [0.2, 0.25) is 5.91 Å². The van der Waals surface area contributed by atoms with Gasteiger partial charge in [0.15, 0.2) is 0 Å². The van der Waals surface area contributed by atoms with Gasteiger partial charge in [-0.2, -0.15) is 0 Å². The second-order valence-electron chi connectivity index (χ2n) is 4.15. The zero-order chi connectivity index (χ0) is 13.3. The highest BCUT2D eigenvalue weighted by molar-refractivity contribution is 14.1. The predicted molar refractivity (Wildman–Crippen MR) is 75.4 cm³/mol. The van der Waals surface area contributed by atoms with Gasteiger partial charge in [-0.15, -0.1) is 0 Å².